The number of benzene rings is 1. The van der Waals surface area contributed by atoms with Crippen LogP contribution in [0.2, 0.25) is 0 Å². The third-order valence-electron chi connectivity index (χ3n) is 6.02. The van der Waals surface area contributed by atoms with Gasteiger partial charge in [-0.15, -0.1) is 0 Å². The fourth-order valence-electron chi connectivity index (χ4n) is 4.22. The van der Waals surface area contributed by atoms with Gasteiger partial charge in [0.15, 0.2) is 0 Å². The van der Waals surface area contributed by atoms with Gasteiger partial charge in [-0.25, -0.2) is 9.37 Å². The molecule has 2 aromatic rings. The van der Waals surface area contributed by atoms with Crippen molar-refractivity contribution in [3.63, 3.8) is 0 Å². The van der Waals surface area contributed by atoms with E-state index >= 15 is 0 Å². The van der Waals surface area contributed by atoms with Crippen LogP contribution in [0.5, 0.6) is 0 Å². The number of nitrogens with one attached hydrogen (secondary N) is 1. The molecule has 1 aromatic carbocycles. The maximum Gasteiger partial charge on any atom is 0.279 e. The van der Waals surface area contributed by atoms with Crippen LogP contribution >= 0.6 is 0 Å². The lowest BCUT2D eigenvalue weighted by Crippen LogP contribution is -2.47. The van der Waals surface area contributed by atoms with E-state index < -0.39 is 10.2 Å². The molecule has 0 aliphatic carbocycles. The molecule has 0 spiro atoms. The Morgan fingerprint density at radius 2 is 1.77 bits per heavy atom. The molecule has 2 aliphatic heterocycles. The van der Waals surface area contributed by atoms with Crippen LogP contribution in [0, 0.1) is 11.7 Å². The van der Waals surface area contributed by atoms with Gasteiger partial charge in [0.05, 0.1) is 0 Å². The number of anilines is 2. The molecule has 2 saturated heterocycles. The van der Waals surface area contributed by atoms with Gasteiger partial charge in [-0.3, -0.25) is 0 Å². The highest BCUT2D eigenvalue weighted by Crippen LogP contribution is 2.21. The number of hydrogen-bond acceptors (Lipinski definition) is 5. The molecule has 0 amide bonds. The van der Waals surface area contributed by atoms with Crippen molar-refractivity contribution in [2.24, 2.45) is 5.92 Å². The molecule has 4 rings (SSSR count). The molecule has 7 nitrogen and oxygen atoms in total. The highest BCUT2D eigenvalue weighted by Gasteiger charge is 2.26. The minimum atomic E-state index is -3.48. The van der Waals surface area contributed by atoms with Gasteiger partial charge in [-0.1, -0.05) is 6.92 Å². The first kappa shape index (κ1) is 22.0. The largest absolute Gasteiger partial charge is 0.368 e. The summed E-state index contributed by atoms with van der Waals surface area (Å²) in [4.78, 5) is 8.92. The number of rotatable bonds is 6. The molecule has 0 unspecified atom stereocenters. The quantitative estimate of drug-likeness (QED) is 0.737. The summed E-state index contributed by atoms with van der Waals surface area (Å²) in [5.74, 6) is 1.02. The highest BCUT2D eigenvalue weighted by atomic mass is 32.2. The average Bonchev–Trinajstić information content (AvgIpc) is 2.79. The predicted octanol–water partition coefficient (Wildman–Crippen LogP) is 2.61. The summed E-state index contributed by atoms with van der Waals surface area (Å²) in [6, 6.07) is 10.4. The van der Waals surface area contributed by atoms with Gasteiger partial charge in [0.1, 0.15) is 11.6 Å². The molecule has 31 heavy (non-hydrogen) atoms. The van der Waals surface area contributed by atoms with Crippen molar-refractivity contribution in [3.8, 4) is 0 Å². The molecule has 168 valence electrons. The Hall–Kier alpha value is -2.23. The Kier molecular flexibility index (Phi) is 6.74. The van der Waals surface area contributed by atoms with Gasteiger partial charge >= 0.3 is 0 Å². The van der Waals surface area contributed by atoms with Gasteiger partial charge < -0.3 is 9.80 Å². The maximum atomic E-state index is 13.2. The fraction of sp³-hybridized carbons (Fsp3) is 0.500. The standard InChI is InChI=1S/C22H30FN5O2S/c1-18-3-2-10-28(17-18)31(29,30)25-16-19-8-9-24-22(15-19)27-13-11-26(12-14-27)21-6-4-20(23)5-7-21/h4-9,15,18,25H,2-3,10-14,16-17H2,1H3/t18-/m0/s1. The van der Waals surface area contributed by atoms with Gasteiger partial charge in [0, 0.05) is 57.7 Å². The Labute approximate surface area is 184 Å². The van der Waals surface area contributed by atoms with E-state index in [0.717, 1.165) is 56.1 Å². The van der Waals surface area contributed by atoms with E-state index in [9.17, 15) is 12.8 Å². The first-order chi connectivity index (χ1) is 14.9. The van der Waals surface area contributed by atoms with E-state index in [4.69, 9.17) is 0 Å². The van der Waals surface area contributed by atoms with Crippen LogP contribution in [-0.2, 0) is 16.8 Å². The predicted molar refractivity (Wildman–Crippen MR) is 121 cm³/mol. The van der Waals surface area contributed by atoms with Crippen LogP contribution in [0.3, 0.4) is 0 Å². The van der Waals surface area contributed by atoms with Crippen LogP contribution in [0.1, 0.15) is 25.3 Å². The van der Waals surface area contributed by atoms with E-state index in [1.165, 1.54) is 12.1 Å². The smallest absolute Gasteiger partial charge is 0.279 e. The summed E-state index contributed by atoms with van der Waals surface area (Å²) in [7, 11) is -3.48. The second kappa shape index (κ2) is 9.50. The van der Waals surface area contributed by atoms with Crippen LogP contribution in [0.25, 0.3) is 0 Å². The van der Waals surface area contributed by atoms with Crippen molar-refractivity contribution in [1.29, 1.82) is 0 Å². The Bertz CT molecular complexity index is 978. The van der Waals surface area contributed by atoms with Crippen molar-refractivity contribution < 1.29 is 12.8 Å². The van der Waals surface area contributed by atoms with Crippen LogP contribution < -0.4 is 14.5 Å². The summed E-state index contributed by atoms with van der Waals surface area (Å²) in [5.41, 5.74) is 1.91. The lowest BCUT2D eigenvalue weighted by atomic mass is 10.0. The number of piperazine rings is 1. The molecule has 1 atom stereocenters. The molecule has 0 saturated carbocycles. The van der Waals surface area contributed by atoms with Crippen LogP contribution in [0.4, 0.5) is 15.9 Å². The minimum Gasteiger partial charge on any atom is -0.368 e. The molecule has 2 fully saturated rings. The molecule has 1 N–H and O–H groups in total. The van der Waals surface area contributed by atoms with E-state index in [1.54, 1.807) is 22.6 Å². The lowest BCUT2D eigenvalue weighted by molar-refractivity contribution is 0.278. The van der Waals surface area contributed by atoms with Gasteiger partial charge in [0.25, 0.3) is 10.2 Å². The number of nitrogens with zero attached hydrogens (tertiary/aromatic N) is 4. The number of piperidine rings is 1. The molecule has 0 radical (unpaired) electrons. The number of hydrogen-bond donors (Lipinski definition) is 1. The SMILES string of the molecule is C[C@H]1CCCN(S(=O)(=O)NCc2ccnc(N3CCN(c4ccc(F)cc4)CC3)c2)C1. The second-order valence-electron chi connectivity index (χ2n) is 8.40. The molecule has 9 heteroatoms. The maximum absolute atomic E-state index is 13.2. The Balaban J connectivity index is 1.34. The van der Waals surface area contributed by atoms with Crippen molar-refractivity contribution in [2.45, 2.75) is 26.3 Å². The topological polar surface area (TPSA) is 68.8 Å². The highest BCUT2D eigenvalue weighted by molar-refractivity contribution is 7.87. The zero-order valence-electron chi connectivity index (χ0n) is 17.9. The first-order valence-electron chi connectivity index (χ1n) is 10.9. The molecule has 0 bridgehead atoms. The van der Waals surface area contributed by atoms with E-state index in [1.807, 2.05) is 12.1 Å². The van der Waals surface area contributed by atoms with Crippen molar-refractivity contribution >= 4 is 21.7 Å². The fourth-order valence-corrected chi connectivity index (χ4v) is 5.57. The van der Waals surface area contributed by atoms with E-state index in [0.29, 0.717) is 19.0 Å². The summed E-state index contributed by atoms with van der Waals surface area (Å²) in [6.07, 6.45) is 3.72. The lowest BCUT2D eigenvalue weighted by Gasteiger charge is -2.36. The molecule has 1 aromatic heterocycles. The molecule has 3 heterocycles. The first-order valence-corrected chi connectivity index (χ1v) is 12.3. The third kappa shape index (κ3) is 5.53. The monoisotopic (exact) mass is 447 g/mol. The zero-order chi connectivity index (χ0) is 21.8. The number of pyridine rings is 1. The van der Waals surface area contributed by atoms with Gasteiger partial charge in [-0.05, 0) is 60.7 Å². The van der Waals surface area contributed by atoms with Crippen LogP contribution in [0.15, 0.2) is 42.6 Å². The zero-order valence-corrected chi connectivity index (χ0v) is 18.7. The average molecular weight is 448 g/mol. The summed E-state index contributed by atoms with van der Waals surface area (Å²) < 4.78 is 42.7. The number of aromatic nitrogens is 1. The molecule has 2 aliphatic rings. The Morgan fingerprint density at radius 1 is 1.06 bits per heavy atom. The van der Waals surface area contributed by atoms with E-state index in [-0.39, 0.29) is 12.4 Å². The van der Waals surface area contributed by atoms with Gasteiger partial charge in [0.2, 0.25) is 0 Å². The normalized spacial score (nSPS) is 20.8. The van der Waals surface area contributed by atoms with Crippen LogP contribution in [-0.4, -0.2) is 57.0 Å². The summed E-state index contributed by atoms with van der Waals surface area (Å²) in [6.45, 7) is 6.73. The molecular weight excluding hydrogens is 417 g/mol. The van der Waals surface area contributed by atoms with Crippen molar-refractivity contribution in [1.82, 2.24) is 14.0 Å². The Morgan fingerprint density at radius 3 is 2.48 bits per heavy atom. The third-order valence-corrected chi connectivity index (χ3v) is 7.54. The summed E-state index contributed by atoms with van der Waals surface area (Å²) in [5, 5.41) is 0. The minimum absolute atomic E-state index is 0.228. The number of halogens is 1. The van der Waals surface area contributed by atoms with E-state index in [2.05, 4.69) is 26.4 Å². The second-order valence-corrected chi connectivity index (χ2v) is 10.2. The summed E-state index contributed by atoms with van der Waals surface area (Å²) >= 11 is 0. The molecular formula is C22H30FN5O2S. The van der Waals surface area contributed by atoms with Crippen molar-refractivity contribution in [2.75, 3.05) is 49.1 Å². The van der Waals surface area contributed by atoms with Gasteiger partial charge in [-0.2, -0.15) is 17.4 Å². The van der Waals surface area contributed by atoms with Crippen molar-refractivity contribution in [3.05, 3.63) is 54.0 Å².